The summed E-state index contributed by atoms with van der Waals surface area (Å²) in [6, 6.07) is 1.83. The van der Waals surface area contributed by atoms with Gasteiger partial charge in [0, 0.05) is 45.4 Å². The molecule has 2 saturated heterocycles. The smallest absolute Gasteiger partial charge is 0.263 e. The predicted molar refractivity (Wildman–Crippen MR) is 126 cm³/mol. The van der Waals surface area contributed by atoms with Gasteiger partial charge in [0.05, 0.1) is 36.1 Å². The second-order valence-electron chi connectivity index (χ2n) is 8.84. The lowest BCUT2D eigenvalue weighted by Gasteiger charge is -2.35. The number of fused-ring (bicyclic) bond motifs is 1. The van der Waals surface area contributed by atoms with Gasteiger partial charge in [0.25, 0.3) is 5.91 Å². The van der Waals surface area contributed by atoms with Crippen LogP contribution in [0.3, 0.4) is 0 Å². The zero-order valence-corrected chi connectivity index (χ0v) is 19.4. The normalized spacial score (nSPS) is 18.9. The average Bonchev–Trinajstić information content (AvgIpc) is 3.47. The van der Waals surface area contributed by atoms with Crippen LogP contribution in [0.5, 0.6) is 0 Å². The topological polar surface area (TPSA) is 131 Å². The van der Waals surface area contributed by atoms with Crippen LogP contribution in [0, 0.1) is 11.7 Å². The molecule has 2 aliphatic rings. The van der Waals surface area contributed by atoms with Crippen LogP contribution in [-0.2, 0) is 9.53 Å². The van der Waals surface area contributed by atoms with Crippen molar-refractivity contribution in [2.24, 2.45) is 5.92 Å². The van der Waals surface area contributed by atoms with E-state index in [0.717, 1.165) is 48.4 Å². The van der Waals surface area contributed by atoms with Crippen LogP contribution < -0.4 is 16.0 Å². The lowest BCUT2D eigenvalue weighted by atomic mass is 9.95. The summed E-state index contributed by atoms with van der Waals surface area (Å²) in [5.41, 5.74) is 7.45. The fourth-order valence-corrected chi connectivity index (χ4v) is 4.84. The third kappa shape index (κ3) is 4.48. The second-order valence-corrected chi connectivity index (χ2v) is 8.84. The van der Waals surface area contributed by atoms with Crippen LogP contribution in [0.1, 0.15) is 29.6 Å². The highest BCUT2D eigenvalue weighted by Gasteiger charge is 2.33. The highest BCUT2D eigenvalue weighted by Crippen LogP contribution is 2.31. The SMILES string of the molecule is CO[C@H]1CCN(C(=O)C2CCN(c3ccncc3NC(=O)c3c(N)nn4cc(F)cnc34)CC2)C1. The van der Waals surface area contributed by atoms with Crippen LogP contribution in [0.25, 0.3) is 5.65 Å². The van der Waals surface area contributed by atoms with Crippen molar-refractivity contribution in [2.75, 3.05) is 49.2 Å². The zero-order chi connectivity index (χ0) is 24.5. The first-order valence-electron chi connectivity index (χ1n) is 11.6. The average molecular weight is 483 g/mol. The minimum Gasteiger partial charge on any atom is -0.381 e. The summed E-state index contributed by atoms with van der Waals surface area (Å²) in [6.07, 6.45) is 7.78. The number of aromatic nitrogens is 4. The highest BCUT2D eigenvalue weighted by molar-refractivity contribution is 6.12. The van der Waals surface area contributed by atoms with Crippen molar-refractivity contribution in [1.82, 2.24) is 24.5 Å². The first-order chi connectivity index (χ1) is 16.9. The molecule has 0 aromatic carbocycles. The fourth-order valence-electron chi connectivity index (χ4n) is 4.84. The Morgan fingerprint density at radius 2 is 2.00 bits per heavy atom. The lowest BCUT2D eigenvalue weighted by molar-refractivity contribution is -0.135. The molecule has 0 saturated carbocycles. The van der Waals surface area contributed by atoms with Crippen LogP contribution in [-0.4, -0.2) is 75.7 Å². The molecule has 0 spiro atoms. The summed E-state index contributed by atoms with van der Waals surface area (Å²) in [4.78, 5) is 38.2. The van der Waals surface area contributed by atoms with E-state index in [1.165, 1.54) is 0 Å². The monoisotopic (exact) mass is 482 g/mol. The largest absolute Gasteiger partial charge is 0.381 e. The molecule has 11 nitrogen and oxygen atoms in total. The van der Waals surface area contributed by atoms with E-state index in [1.54, 1.807) is 19.5 Å². The van der Waals surface area contributed by atoms with Crippen molar-refractivity contribution < 1.29 is 18.7 Å². The number of nitrogens with zero attached hydrogens (tertiary/aromatic N) is 6. The number of piperidine rings is 1. The van der Waals surface area contributed by atoms with E-state index in [-0.39, 0.29) is 35.0 Å². The molecule has 2 amide bonds. The lowest BCUT2D eigenvalue weighted by Crippen LogP contribution is -2.42. The van der Waals surface area contributed by atoms with E-state index >= 15 is 0 Å². The first kappa shape index (κ1) is 23.0. The number of ether oxygens (including phenoxy) is 1. The molecule has 0 bridgehead atoms. The number of nitrogens with two attached hydrogens (primary N) is 1. The minimum absolute atomic E-state index is 0.0215. The molecular weight excluding hydrogens is 455 g/mol. The molecule has 0 aliphatic carbocycles. The summed E-state index contributed by atoms with van der Waals surface area (Å²) >= 11 is 0. The number of likely N-dealkylation sites (tertiary alicyclic amines) is 1. The van der Waals surface area contributed by atoms with E-state index in [0.29, 0.717) is 25.3 Å². The molecule has 2 fully saturated rings. The van der Waals surface area contributed by atoms with Crippen molar-refractivity contribution in [2.45, 2.75) is 25.4 Å². The number of rotatable bonds is 5. The maximum atomic E-state index is 13.5. The highest BCUT2D eigenvalue weighted by atomic mass is 19.1. The van der Waals surface area contributed by atoms with Crippen molar-refractivity contribution in [3.05, 3.63) is 42.2 Å². The number of anilines is 3. The Bertz CT molecular complexity index is 1260. The van der Waals surface area contributed by atoms with Crippen molar-refractivity contribution >= 4 is 34.7 Å². The standard InChI is InChI=1S/C23H27FN8O3/c1-35-16-5-9-31(13-16)23(34)14-3-7-30(8-4-14)18-2-6-26-11-17(18)28-22(33)19-20(25)29-32-12-15(24)10-27-21(19)32/h2,6,10-12,14,16H,3-5,7-9,13H2,1H3,(H2,25,29)(H,28,33)/t16-/m0/s1. The Labute approximate surface area is 201 Å². The van der Waals surface area contributed by atoms with Crippen molar-refractivity contribution in [1.29, 1.82) is 0 Å². The molecule has 2 aliphatic heterocycles. The number of hydrogen-bond acceptors (Lipinski definition) is 8. The molecule has 3 N–H and O–H groups in total. The molecule has 184 valence electrons. The Hall–Kier alpha value is -3.80. The number of carbonyl (C=O) groups is 2. The summed E-state index contributed by atoms with van der Waals surface area (Å²) in [7, 11) is 1.68. The van der Waals surface area contributed by atoms with Gasteiger partial charge in [0.15, 0.2) is 17.3 Å². The van der Waals surface area contributed by atoms with Gasteiger partial charge in [-0.25, -0.2) is 13.9 Å². The molecular formula is C23H27FN8O3. The van der Waals surface area contributed by atoms with E-state index < -0.39 is 11.7 Å². The molecule has 35 heavy (non-hydrogen) atoms. The first-order valence-corrected chi connectivity index (χ1v) is 11.6. The maximum Gasteiger partial charge on any atom is 0.263 e. The van der Waals surface area contributed by atoms with E-state index in [4.69, 9.17) is 10.5 Å². The molecule has 1 atom stereocenters. The number of amides is 2. The summed E-state index contributed by atoms with van der Waals surface area (Å²) < 4.78 is 20.0. The second kappa shape index (κ2) is 9.45. The Balaban J connectivity index is 1.28. The van der Waals surface area contributed by atoms with Gasteiger partial charge in [-0.2, -0.15) is 0 Å². The van der Waals surface area contributed by atoms with Crippen molar-refractivity contribution in [3.8, 4) is 0 Å². The molecule has 5 heterocycles. The zero-order valence-electron chi connectivity index (χ0n) is 19.4. The quantitative estimate of drug-likeness (QED) is 0.560. The van der Waals surface area contributed by atoms with Gasteiger partial charge in [0.1, 0.15) is 5.56 Å². The Morgan fingerprint density at radius 3 is 2.74 bits per heavy atom. The van der Waals surface area contributed by atoms with Crippen LogP contribution in [0.15, 0.2) is 30.9 Å². The van der Waals surface area contributed by atoms with Gasteiger partial charge in [-0.15, -0.1) is 5.10 Å². The Kier molecular flexibility index (Phi) is 6.20. The predicted octanol–water partition coefficient (Wildman–Crippen LogP) is 1.56. The van der Waals surface area contributed by atoms with Crippen LogP contribution in [0.4, 0.5) is 21.6 Å². The van der Waals surface area contributed by atoms with E-state index in [1.807, 2.05) is 11.0 Å². The third-order valence-electron chi connectivity index (χ3n) is 6.72. The summed E-state index contributed by atoms with van der Waals surface area (Å²) in [5, 5.41) is 6.83. The van der Waals surface area contributed by atoms with E-state index in [9.17, 15) is 14.0 Å². The molecule has 3 aromatic rings. The minimum atomic E-state index is -0.591. The van der Waals surface area contributed by atoms with Gasteiger partial charge >= 0.3 is 0 Å². The van der Waals surface area contributed by atoms with Gasteiger partial charge in [-0.05, 0) is 25.3 Å². The number of nitrogens with one attached hydrogen (secondary N) is 1. The number of methoxy groups -OCH3 is 1. The van der Waals surface area contributed by atoms with Crippen LogP contribution >= 0.6 is 0 Å². The molecule has 3 aromatic heterocycles. The molecule has 5 rings (SSSR count). The summed E-state index contributed by atoms with van der Waals surface area (Å²) in [6.45, 7) is 2.74. The van der Waals surface area contributed by atoms with Gasteiger partial charge in [-0.1, -0.05) is 0 Å². The number of hydrogen-bond donors (Lipinski definition) is 2. The van der Waals surface area contributed by atoms with Gasteiger partial charge < -0.3 is 25.6 Å². The van der Waals surface area contributed by atoms with Crippen LogP contribution in [0.2, 0.25) is 0 Å². The molecule has 12 heteroatoms. The summed E-state index contributed by atoms with van der Waals surface area (Å²) in [5.74, 6) is -0.987. The van der Waals surface area contributed by atoms with Gasteiger partial charge in [-0.3, -0.25) is 14.6 Å². The third-order valence-corrected chi connectivity index (χ3v) is 6.72. The molecule has 0 radical (unpaired) electrons. The number of pyridine rings is 1. The Morgan fingerprint density at radius 1 is 1.20 bits per heavy atom. The number of nitrogen functional groups attached to an aromatic ring is 1. The number of carbonyl (C=O) groups excluding carboxylic acids is 2. The van der Waals surface area contributed by atoms with Crippen molar-refractivity contribution in [3.63, 3.8) is 0 Å². The fraction of sp³-hybridized carbons (Fsp3) is 0.435. The van der Waals surface area contributed by atoms with Gasteiger partial charge in [0.2, 0.25) is 5.91 Å². The maximum absolute atomic E-state index is 13.5. The van der Waals surface area contributed by atoms with E-state index in [2.05, 4.69) is 25.3 Å². The number of halogens is 1. The molecule has 0 unspecified atom stereocenters.